The minimum Gasteiger partial charge on any atom is -0.467 e. The van der Waals surface area contributed by atoms with Gasteiger partial charge in [-0.1, -0.05) is 26.0 Å². The van der Waals surface area contributed by atoms with E-state index in [4.69, 9.17) is 4.74 Å². The molecule has 29 heavy (non-hydrogen) atoms. The summed E-state index contributed by atoms with van der Waals surface area (Å²) in [5.41, 5.74) is -0.0458. The average molecular weight is 400 g/mol. The Morgan fingerprint density at radius 3 is 2.79 bits per heavy atom. The van der Waals surface area contributed by atoms with Gasteiger partial charge in [0.2, 0.25) is 5.91 Å². The highest BCUT2D eigenvalue weighted by Crippen LogP contribution is 2.52. The van der Waals surface area contributed by atoms with E-state index in [2.05, 4.69) is 29.4 Å². The van der Waals surface area contributed by atoms with Gasteiger partial charge in [-0.2, -0.15) is 0 Å². The third kappa shape index (κ3) is 3.87. The lowest BCUT2D eigenvalue weighted by Crippen LogP contribution is -2.66. The Morgan fingerprint density at radius 2 is 2.07 bits per heavy atom. The van der Waals surface area contributed by atoms with Crippen LogP contribution in [0.2, 0.25) is 0 Å². The molecular weight excluding hydrogens is 366 g/mol. The van der Waals surface area contributed by atoms with Crippen LogP contribution in [-0.2, 0) is 4.79 Å². The van der Waals surface area contributed by atoms with Gasteiger partial charge in [0.1, 0.15) is 5.75 Å². The van der Waals surface area contributed by atoms with Gasteiger partial charge in [0.25, 0.3) is 5.91 Å². The van der Waals surface area contributed by atoms with Gasteiger partial charge in [-0.3, -0.25) is 9.59 Å². The lowest BCUT2D eigenvalue weighted by atomic mass is 9.60. The van der Waals surface area contributed by atoms with Gasteiger partial charge in [-0.15, -0.1) is 0 Å². The van der Waals surface area contributed by atoms with E-state index in [-0.39, 0.29) is 29.6 Å². The number of benzene rings is 1. The summed E-state index contributed by atoms with van der Waals surface area (Å²) in [6.07, 6.45) is 4.52. The lowest BCUT2D eigenvalue weighted by molar-refractivity contribution is -0.146. The zero-order valence-corrected chi connectivity index (χ0v) is 17.6. The van der Waals surface area contributed by atoms with Gasteiger partial charge < -0.3 is 20.3 Å². The normalized spacial score (nSPS) is 30.0. The summed E-state index contributed by atoms with van der Waals surface area (Å²) in [4.78, 5) is 27.9. The molecule has 2 bridgehead atoms. The van der Waals surface area contributed by atoms with Gasteiger partial charge in [0.05, 0.1) is 5.56 Å². The van der Waals surface area contributed by atoms with Crippen LogP contribution in [0.5, 0.6) is 5.75 Å². The smallest absolute Gasteiger partial charge is 0.258 e. The Morgan fingerprint density at radius 1 is 1.28 bits per heavy atom. The van der Waals surface area contributed by atoms with Crippen LogP contribution in [0, 0.1) is 17.8 Å². The second kappa shape index (κ2) is 8.34. The Balaban J connectivity index is 1.36. The number of nitrogens with one attached hydrogen (secondary N) is 2. The number of carbonyl (C=O) groups excluding carboxylic acids is 2. The van der Waals surface area contributed by atoms with Gasteiger partial charge in [0.15, 0.2) is 5.72 Å². The maximum Gasteiger partial charge on any atom is 0.258 e. The van der Waals surface area contributed by atoms with E-state index in [1.165, 1.54) is 0 Å². The standard InChI is InChI=1S/C23H33N3O3/c1-3-26(4-2)13-7-12-24-21(27)19-14-17-11-10-16(19)15-23(17)25-22(28)18-8-5-6-9-20(18)29-23/h5-6,8-9,16-17,19H,3-4,7,10-15H2,1-2H3,(H,24,27)(H,25,28)/t16-,17+,19+,23+/m1/s1. The molecule has 1 aliphatic heterocycles. The lowest BCUT2D eigenvalue weighted by Gasteiger charge is -2.55. The predicted octanol–water partition coefficient (Wildman–Crippen LogP) is 2.79. The molecule has 2 N–H and O–H groups in total. The van der Waals surface area contributed by atoms with Crippen molar-refractivity contribution in [3.63, 3.8) is 0 Å². The molecular formula is C23H33N3O3. The van der Waals surface area contributed by atoms with Crippen molar-refractivity contribution in [2.45, 2.75) is 51.7 Å². The van der Waals surface area contributed by atoms with Crippen molar-refractivity contribution in [3.8, 4) is 5.75 Å². The molecule has 1 heterocycles. The Bertz CT molecular complexity index is 763. The zero-order valence-electron chi connectivity index (χ0n) is 17.6. The number of hydrogen-bond acceptors (Lipinski definition) is 4. The number of ether oxygens (including phenoxy) is 1. The molecule has 4 atom stereocenters. The van der Waals surface area contributed by atoms with Crippen LogP contribution >= 0.6 is 0 Å². The summed E-state index contributed by atoms with van der Waals surface area (Å²) < 4.78 is 6.37. The summed E-state index contributed by atoms with van der Waals surface area (Å²) in [6.45, 7) is 8.19. The maximum absolute atomic E-state index is 12.9. The topological polar surface area (TPSA) is 70.7 Å². The van der Waals surface area contributed by atoms with E-state index in [1.54, 1.807) is 6.07 Å². The van der Waals surface area contributed by atoms with Gasteiger partial charge >= 0.3 is 0 Å². The van der Waals surface area contributed by atoms with Crippen molar-refractivity contribution in [2.75, 3.05) is 26.2 Å². The van der Waals surface area contributed by atoms with Crippen molar-refractivity contribution >= 4 is 11.8 Å². The zero-order chi connectivity index (χ0) is 20.4. The van der Waals surface area contributed by atoms with Crippen LogP contribution in [0.25, 0.3) is 0 Å². The van der Waals surface area contributed by atoms with E-state index in [1.807, 2.05) is 18.2 Å². The first-order chi connectivity index (χ1) is 14.1. The number of amides is 2. The van der Waals surface area contributed by atoms with E-state index < -0.39 is 5.72 Å². The molecule has 1 aromatic rings. The Labute approximate surface area is 173 Å². The van der Waals surface area contributed by atoms with Crippen LogP contribution in [0.15, 0.2) is 24.3 Å². The number of fused-ring (bicyclic) bond motifs is 3. The van der Waals surface area contributed by atoms with Crippen LogP contribution in [0.4, 0.5) is 0 Å². The fraction of sp³-hybridized carbons (Fsp3) is 0.652. The van der Waals surface area contributed by atoms with Crippen molar-refractivity contribution in [2.24, 2.45) is 17.8 Å². The molecule has 3 saturated carbocycles. The van der Waals surface area contributed by atoms with Crippen molar-refractivity contribution < 1.29 is 14.3 Å². The minimum absolute atomic E-state index is 0.0329. The van der Waals surface area contributed by atoms with E-state index >= 15 is 0 Å². The van der Waals surface area contributed by atoms with E-state index in [9.17, 15) is 9.59 Å². The molecule has 6 heteroatoms. The largest absolute Gasteiger partial charge is 0.467 e. The molecule has 6 nitrogen and oxygen atoms in total. The fourth-order valence-corrected chi connectivity index (χ4v) is 5.47. The summed E-state index contributed by atoms with van der Waals surface area (Å²) in [5, 5.41) is 6.32. The van der Waals surface area contributed by atoms with Crippen molar-refractivity contribution in [3.05, 3.63) is 29.8 Å². The van der Waals surface area contributed by atoms with E-state index in [0.717, 1.165) is 58.3 Å². The molecule has 1 spiro atoms. The molecule has 4 aliphatic rings. The molecule has 3 fully saturated rings. The molecule has 1 aromatic carbocycles. The van der Waals surface area contributed by atoms with Crippen LogP contribution in [-0.4, -0.2) is 48.6 Å². The average Bonchev–Trinajstić information content (AvgIpc) is 2.74. The fourth-order valence-electron chi connectivity index (χ4n) is 5.47. The van der Waals surface area contributed by atoms with Gasteiger partial charge in [-0.25, -0.2) is 0 Å². The molecule has 2 amide bonds. The monoisotopic (exact) mass is 399 g/mol. The van der Waals surface area contributed by atoms with Crippen LogP contribution in [0.3, 0.4) is 0 Å². The molecule has 158 valence electrons. The summed E-state index contributed by atoms with van der Waals surface area (Å²) in [6, 6.07) is 7.43. The highest BCUT2D eigenvalue weighted by Gasteiger charge is 2.57. The molecule has 0 saturated heterocycles. The Hall–Kier alpha value is -2.08. The first kappa shape index (κ1) is 20.2. The third-order valence-electron chi connectivity index (χ3n) is 7.15. The molecule has 0 radical (unpaired) electrons. The van der Waals surface area contributed by atoms with Crippen LogP contribution < -0.4 is 15.4 Å². The highest BCUT2D eigenvalue weighted by atomic mass is 16.5. The summed E-state index contributed by atoms with van der Waals surface area (Å²) in [7, 11) is 0. The first-order valence-electron chi connectivity index (χ1n) is 11.2. The number of rotatable bonds is 7. The molecule has 5 rings (SSSR count). The highest BCUT2D eigenvalue weighted by molar-refractivity contribution is 5.98. The SMILES string of the molecule is CCN(CC)CCCNC(=O)[C@H]1C[C@@H]2CC[C@@H]1C[C@@]21NC(=O)c2ccccc2O1. The molecule has 3 aliphatic carbocycles. The Kier molecular flexibility index (Phi) is 5.81. The second-order valence-electron chi connectivity index (χ2n) is 8.69. The van der Waals surface area contributed by atoms with E-state index in [0.29, 0.717) is 11.3 Å². The maximum atomic E-state index is 12.9. The summed E-state index contributed by atoms with van der Waals surface area (Å²) >= 11 is 0. The molecule has 0 unspecified atom stereocenters. The number of carbonyl (C=O) groups is 2. The van der Waals surface area contributed by atoms with Gasteiger partial charge in [-0.05, 0) is 63.4 Å². The summed E-state index contributed by atoms with van der Waals surface area (Å²) in [5.74, 6) is 1.25. The minimum atomic E-state index is -0.645. The number of nitrogens with zero attached hydrogens (tertiary/aromatic N) is 1. The van der Waals surface area contributed by atoms with Gasteiger partial charge in [0, 0.05) is 24.8 Å². The molecule has 0 aromatic heterocycles. The second-order valence-corrected chi connectivity index (χ2v) is 8.69. The number of para-hydroxylation sites is 1. The number of hydrogen-bond donors (Lipinski definition) is 2. The third-order valence-corrected chi connectivity index (χ3v) is 7.15. The predicted molar refractivity (Wildman–Crippen MR) is 112 cm³/mol. The van der Waals surface area contributed by atoms with Crippen molar-refractivity contribution in [1.29, 1.82) is 0 Å². The quantitative estimate of drug-likeness (QED) is 0.692. The first-order valence-corrected chi connectivity index (χ1v) is 11.2. The van der Waals surface area contributed by atoms with Crippen LogP contribution in [0.1, 0.15) is 56.3 Å². The van der Waals surface area contributed by atoms with Crippen molar-refractivity contribution in [1.82, 2.24) is 15.5 Å².